The van der Waals surface area contributed by atoms with Crippen LogP contribution in [-0.2, 0) is 9.59 Å². The molecule has 114 valence electrons. The van der Waals surface area contributed by atoms with E-state index >= 15 is 0 Å². The fraction of sp³-hybridized carbons (Fsp3) is 0.857. The molecule has 0 spiro atoms. The molecule has 2 amide bonds. The topological polar surface area (TPSA) is 40.6 Å². The number of nitrogens with zero attached hydrogens (tertiary/aromatic N) is 2. The van der Waals surface area contributed by atoms with Gasteiger partial charge in [0.25, 0.3) is 0 Å². The first-order valence-electron chi connectivity index (χ1n) is 7.57. The van der Waals surface area contributed by atoms with Crippen LogP contribution < -0.4 is 0 Å². The maximum absolute atomic E-state index is 12.2. The Balaban J connectivity index is 1.89. The lowest BCUT2D eigenvalue weighted by atomic mass is 10.1. The SMILES string of the molecule is C[C@@H]1CCCCN(SSN2CCCC[C@@H](C)C2=O)C1=O. The Morgan fingerprint density at radius 2 is 1.20 bits per heavy atom. The average Bonchev–Trinajstić information content (AvgIpc) is 2.69. The molecular weight excluding hydrogens is 292 g/mol. The molecule has 0 aromatic heterocycles. The number of hydrogen-bond donors (Lipinski definition) is 0. The minimum absolute atomic E-state index is 0.115. The Bertz CT molecular complexity index is 331. The lowest BCUT2D eigenvalue weighted by Gasteiger charge is -2.25. The summed E-state index contributed by atoms with van der Waals surface area (Å²) in [6, 6.07) is 0. The van der Waals surface area contributed by atoms with Gasteiger partial charge in [-0.15, -0.1) is 0 Å². The molecule has 0 unspecified atom stereocenters. The first-order valence-corrected chi connectivity index (χ1v) is 9.63. The molecule has 0 aromatic rings. The van der Waals surface area contributed by atoms with E-state index in [0.717, 1.165) is 51.6 Å². The number of carbonyl (C=O) groups excluding carboxylic acids is 2. The van der Waals surface area contributed by atoms with E-state index in [0.29, 0.717) is 0 Å². The third-order valence-corrected chi connectivity index (χ3v) is 6.48. The van der Waals surface area contributed by atoms with Gasteiger partial charge in [-0.2, -0.15) is 0 Å². The zero-order valence-corrected chi connectivity index (χ0v) is 14.0. The zero-order valence-electron chi connectivity index (χ0n) is 12.3. The highest BCUT2D eigenvalue weighted by Crippen LogP contribution is 2.35. The van der Waals surface area contributed by atoms with Crippen LogP contribution >= 0.6 is 22.0 Å². The Labute approximate surface area is 129 Å². The molecule has 2 aliphatic rings. The standard InChI is InChI=1S/C14H24N2O2S2/c1-11-7-3-5-9-15(13(11)17)19-20-16-10-6-4-8-12(2)14(16)18/h11-12H,3-10H2,1-2H3/t11-,12-/m1/s1. The maximum atomic E-state index is 12.2. The number of carbonyl (C=O) groups is 2. The lowest BCUT2D eigenvalue weighted by Crippen LogP contribution is -2.31. The number of amides is 2. The maximum Gasteiger partial charge on any atom is 0.235 e. The number of hydrogen-bond acceptors (Lipinski definition) is 4. The van der Waals surface area contributed by atoms with Gasteiger partial charge in [0.05, 0.1) is 0 Å². The molecular formula is C14H24N2O2S2. The van der Waals surface area contributed by atoms with Crippen LogP contribution in [0.5, 0.6) is 0 Å². The van der Waals surface area contributed by atoms with Gasteiger partial charge in [0, 0.05) is 46.9 Å². The highest BCUT2D eigenvalue weighted by atomic mass is 33.1. The van der Waals surface area contributed by atoms with Crippen LogP contribution in [0.15, 0.2) is 0 Å². The molecule has 0 N–H and O–H groups in total. The molecule has 0 bridgehead atoms. The fourth-order valence-corrected chi connectivity index (χ4v) is 5.05. The summed E-state index contributed by atoms with van der Waals surface area (Å²) in [5, 5.41) is 0. The molecule has 2 fully saturated rings. The second-order valence-corrected chi connectivity index (χ2v) is 7.90. The van der Waals surface area contributed by atoms with E-state index in [9.17, 15) is 9.59 Å². The summed E-state index contributed by atoms with van der Waals surface area (Å²) in [5.74, 6) is 0.666. The first kappa shape index (κ1) is 16.0. The van der Waals surface area contributed by atoms with Gasteiger partial charge >= 0.3 is 0 Å². The van der Waals surface area contributed by atoms with Gasteiger partial charge in [0.15, 0.2) is 0 Å². The second kappa shape index (κ2) is 7.59. The molecule has 0 saturated carbocycles. The third kappa shape index (κ3) is 4.07. The van der Waals surface area contributed by atoms with Crippen LogP contribution in [0.4, 0.5) is 0 Å². The summed E-state index contributed by atoms with van der Waals surface area (Å²) in [7, 11) is 2.90. The van der Waals surface area contributed by atoms with E-state index in [1.54, 1.807) is 0 Å². The Kier molecular flexibility index (Phi) is 6.08. The summed E-state index contributed by atoms with van der Waals surface area (Å²) >= 11 is 0. The van der Waals surface area contributed by atoms with E-state index in [4.69, 9.17) is 0 Å². The van der Waals surface area contributed by atoms with E-state index in [2.05, 4.69) is 0 Å². The van der Waals surface area contributed by atoms with Crippen molar-refractivity contribution in [3.63, 3.8) is 0 Å². The predicted octanol–water partition coefficient (Wildman–Crippen LogP) is 3.50. The Morgan fingerprint density at radius 3 is 1.60 bits per heavy atom. The van der Waals surface area contributed by atoms with Crippen LogP contribution in [0.25, 0.3) is 0 Å². The van der Waals surface area contributed by atoms with Crippen molar-refractivity contribution >= 4 is 33.8 Å². The Morgan fingerprint density at radius 1 is 0.800 bits per heavy atom. The zero-order chi connectivity index (χ0) is 14.5. The molecule has 2 aliphatic heterocycles. The summed E-state index contributed by atoms with van der Waals surface area (Å²) in [5.41, 5.74) is 0. The minimum atomic E-state index is 0.115. The largest absolute Gasteiger partial charge is 0.276 e. The van der Waals surface area contributed by atoms with Crippen LogP contribution in [0.2, 0.25) is 0 Å². The smallest absolute Gasteiger partial charge is 0.235 e. The molecule has 6 heteroatoms. The van der Waals surface area contributed by atoms with E-state index < -0.39 is 0 Å². The molecule has 0 aromatic carbocycles. The van der Waals surface area contributed by atoms with E-state index in [1.165, 1.54) is 22.0 Å². The van der Waals surface area contributed by atoms with Crippen molar-refractivity contribution < 1.29 is 9.59 Å². The molecule has 2 saturated heterocycles. The Hall–Kier alpha value is -0.360. The van der Waals surface area contributed by atoms with Gasteiger partial charge in [-0.1, -0.05) is 26.7 Å². The van der Waals surface area contributed by atoms with Crippen molar-refractivity contribution in [1.82, 2.24) is 8.61 Å². The van der Waals surface area contributed by atoms with Crippen LogP contribution in [0, 0.1) is 11.8 Å². The average molecular weight is 316 g/mol. The van der Waals surface area contributed by atoms with Crippen LogP contribution in [0.1, 0.15) is 52.4 Å². The highest BCUT2D eigenvalue weighted by molar-refractivity contribution is 8.75. The van der Waals surface area contributed by atoms with Crippen LogP contribution in [-0.4, -0.2) is 33.5 Å². The van der Waals surface area contributed by atoms with Crippen molar-refractivity contribution in [2.24, 2.45) is 11.8 Å². The van der Waals surface area contributed by atoms with E-state index in [1.807, 2.05) is 22.5 Å². The predicted molar refractivity (Wildman–Crippen MR) is 84.6 cm³/mol. The van der Waals surface area contributed by atoms with Gasteiger partial charge < -0.3 is 0 Å². The molecule has 2 rings (SSSR count). The van der Waals surface area contributed by atoms with Crippen molar-refractivity contribution in [2.45, 2.75) is 52.4 Å². The molecule has 2 heterocycles. The normalized spacial score (nSPS) is 29.3. The van der Waals surface area contributed by atoms with Gasteiger partial charge in [-0.25, -0.2) is 0 Å². The highest BCUT2D eigenvalue weighted by Gasteiger charge is 2.28. The fourth-order valence-electron chi connectivity index (χ4n) is 2.60. The molecule has 2 atom stereocenters. The minimum Gasteiger partial charge on any atom is -0.276 e. The third-order valence-electron chi connectivity index (χ3n) is 4.04. The van der Waals surface area contributed by atoms with Gasteiger partial charge in [0.1, 0.15) is 0 Å². The summed E-state index contributed by atoms with van der Waals surface area (Å²) in [4.78, 5) is 24.4. The van der Waals surface area contributed by atoms with Gasteiger partial charge in [-0.3, -0.25) is 18.2 Å². The van der Waals surface area contributed by atoms with Gasteiger partial charge in [-0.05, 0) is 25.7 Å². The second-order valence-electron chi connectivity index (χ2n) is 5.82. The lowest BCUT2D eigenvalue weighted by molar-refractivity contribution is -0.130. The number of rotatable bonds is 3. The summed E-state index contributed by atoms with van der Waals surface area (Å²) < 4.78 is 3.70. The monoisotopic (exact) mass is 316 g/mol. The first-order chi connectivity index (χ1) is 9.59. The van der Waals surface area contributed by atoms with E-state index in [-0.39, 0.29) is 23.7 Å². The molecule has 4 nitrogen and oxygen atoms in total. The quantitative estimate of drug-likeness (QED) is 0.590. The van der Waals surface area contributed by atoms with Crippen molar-refractivity contribution in [3.05, 3.63) is 0 Å². The van der Waals surface area contributed by atoms with Gasteiger partial charge in [0.2, 0.25) is 11.8 Å². The molecule has 0 radical (unpaired) electrons. The van der Waals surface area contributed by atoms with Crippen molar-refractivity contribution in [2.75, 3.05) is 13.1 Å². The van der Waals surface area contributed by atoms with Crippen molar-refractivity contribution in [1.29, 1.82) is 0 Å². The molecule has 20 heavy (non-hydrogen) atoms. The summed E-state index contributed by atoms with van der Waals surface area (Å²) in [6.45, 7) is 5.62. The van der Waals surface area contributed by atoms with Crippen LogP contribution in [0.3, 0.4) is 0 Å². The molecule has 0 aliphatic carbocycles. The van der Waals surface area contributed by atoms with Crippen molar-refractivity contribution in [3.8, 4) is 0 Å². The summed E-state index contributed by atoms with van der Waals surface area (Å²) in [6.07, 6.45) is 6.34.